The van der Waals surface area contributed by atoms with Gasteiger partial charge < -0.3 is 21.5 Å². The van der Waals surface area contributed by atoms with Crippen LogP contribution in [0.5, 0.6) is 11.5 Å². The SMILES string of the molecule is CC(Nc1cc(C(N)=O)nc(-c2ccc(Oc3ccc(Cl)cc3F)cc2)n1)C(N)=O. The van der Waals surface area contributed by atoms with Gasteiger partial charge in [0.2, 0.25) is 5.91 Å². The molecule has 0 radical (unpaired) electrons. The molecule has 1 unspecified atom stereocenters. The molecular weight excluding hydrogens is 413 g/mol. The lowest BCUT2D eigenvalue weighted by atomic mass is 10.2. The largest absolute Gasteiger partial charge is 0.454 e. The maximum Gasteiger partial charge on any atom is 0.267 e. The zero-order valence-electron chi connectivity index (χ0n) is 15.7. The van der Waals surface area contributed by atoms with Gasteiger partial charge in [0.25, 0.3) is 5.91 Å². The first-order valence-electron chi connectivity index (χ1n) is 8.71. The smallest absolute Gasteiger partial charge is 0.267 e. The molecule has 1 atom stereocenters. The highest BCUT2D eigenvalue weighted by Gasteiger charge is 2.15. The average Bonchev–Trinajstić information content (AvgIpc) is 2.70. The van der Waals surface area contributed by atoms with E-state index in [4.69, 9.17) is 27.8 Å². The zero-order chi connectivity index (χ0) is 21.8. The summed E-state index contributed by atoms with van der Waals surface area (Å²) in [6, 6.07) is 11.1. The molecule has 0 saturated carbocycles. The van der Waals surface area contributed by atoms with Crippen LogP contribution in [0.25, 0.3) is 11.4 Å². The van der Waals surface area contributed by atoms with E-state index in [1.165, 1.54) is 18.2 Å². The Kier molecular flexibility index (Phi) is 6.12. The van der Waals surface area contributed by atoms with Crippen molar-refractivity contribution in [1.82, 2.24) is 9.97 Å². The summed E-state index contributed by atoms with van der Waals surface area (Å²) in [5, 5.41) is 3.05. The maximum absolute atomic E-state index is 13.9. The zero-order valence-corrected chi connectivity index (χ0v) is 16.5. The summed E-state index contributed by atoms with van der Waals surface area (Å²) < 4.78 is 19.4. The summed E-state index contributed by atoms with van der Waals surface area (Å²) in [5.41, 5.74) is 11.1. The van der Waals surface area contributed by atoms with Crippen molar-refractivity contribution in [3.8, 4) is 22.9 Å². The Bertz CT molecular complexity index is 1110. The Morgan fingerprint density at radius 3 is 2.40 bits per heavy atom. The number of nitrogens with zero attached hydrogens (tertiary/aromatic N) is 2. The van der Waals surface area contributed by atoms with Gasteiger partial charge in [-0.3, -0.25) is 9.59 Å². The van der Waals surface area contributed by atoms with Crippen molar-refractivity contribution in [2.75, 3.05) is 5.32 Å². The van der Waals surface area contributed by atoms with Crippen molar-refractivity contribution in [2.24, 2.45) is 11.5 Å². The minimum atomic E-state index is -0.758. The normalized spacial score (nSPS) is 11.6. The number of aromatic nitrogens is 2. The lowest BCUT2D eigenvalue weighted by molar-refractivity contribution is -0.118. The number of amides is 2. The van der Waals surface area contributed by atoms with Gasteiger partial charge in [0.15, 0.2) is 17.4 Å². The van der Waals surface area contributed by atoms with E-state index in [-0.39, 0.29) is 28.1 Å². The average molecular weight is 430 g/mol. The predicted molar refractivity (Wildman–Crippen MR) is 110 cm³/mol. The van der Waals surface area contributed by atoms with Gasteiger partial charge in [-0.25, -0.2) is 14.4 Å². The second-order valence-corrected chi connectivity index (χ2v) is 6.73. The lowest BCUT2D eigenvalue weighted by Gasteiger charge is -2.13. The van der Waals surface area contributed by atoms with E-state index >= 15 is 0 Å². The van der Waals surface area contributed by atoms with Gasteiger partial charge in [-0.2, -0.15) is 0 Å². The Labute approximate surface area is 176 Å². The highest BCUT2D eigenvalue weighted by atomic mass is 35.5. The molecule has 1 heterocycles. The molecule has 2 amide bonds. The number of benzene rings is 2. The highest BCUT2D eigenvalue weighted by Crippen LogP contribution is 2.28. The molecule has 2 aromatic carbocycles. The van der Waals surface area contributed by atoms with E-state index < -0.39 is 23.7 Å². The molecule has 0 bridgehead atoms. The van der Waals surface area contributed by atoms with E-state index in [9.17, 15) is 14.0 Å². The van der Waals surface area contributed by atoms with Gasteiger partial charge in [0, 0.05) is 16.7 Å². The van der Waals surface area contributed by atoms with E-state index in [0.717, 1.165) is 6.07 Å². The molecule has 0 spiro atoms. The second kappa shape index (κ2) is 8.75. The minimum Gasteiger partial charge on any atom is -0.454 e. The van der Waals surface area contributed by atoms with Gasteiger partial charge in [0.05, 0.1) is 0 Å². The lowest BCUT2D eigenvalue weighted by Crippen LogP contribution is -2.33. The summed E-state index contributed by atoms with van der Waals surface area (Å²) in [6.45, 7) is 1.55. The highest BCUT2D eigenvalue weighted by molar-refractivity contribution is 6.30. The quantitative estimate of drug-likeness (QED) is 0.528. The second-order valence-electron chi connectivity index (χ2n) is 6.30. The number of nitrogens with one attached hydrogen (secondary N) is 1. The third-order valence-electron chi connectivity index (χ3n) is 4.00. The van der Waals surface area contributed by atoms with Crippen LogP contribution in [0.1, 0.15) is 17.4 Å². The van der Waals surface area contributed by atoms with Gasteiger partial charge in [0.1, 0.15) is 23.3 Å². The third kappa shape index (κ3) is 5.00. The van der Waals surface area contributed by atoms with Crippen LogP contribution in [-0.2, 0) is 4.79 Å². The molecule has 0 fully saturated rings. The fourth-order valence-electron chi connectivity index (χ4n) is 2.43. The minimum absolute atomic E-state index is 0.0195. The molecule has 0 aliphatic heterocycles. The Balaban J connectivity index is 1.88. The molecule has 5 N–H and O–H groups in total. The predicted octanol–water partition coefficient (Wildman–Crippen LogP) is 3.11. The fraction of sp³-hybridized carbons (Fsp3) is 0.100. The third-order valence-corrected chi connectivity index (χ3v) is 4.24. The first-order chi connectivity index (χ1) is 14.2. The summed E-state index contributed by atoms with van der Waals surface area (Å²) in [5.74, 6) is -1.15. The van der Waals surface area contributed by atoms with Crippen molar-refractivity contribution in [1.29, 1.82) is 0 Å². The van der Waals surface area contributed by atoms with E-state index in [1.54, 1.807) is 31.2 Å². The van der Waals surface area contributed by atoms with Crippen LogP contribution in [0.3, 0.4) is 0 Å². The van der Waals surface area contributed by atoms with Crippen LogP contribution in [-0.4, -0.2) is 27.8 Å². The van der Waals surface area contributed by atoms with Crippen molar-refractivity contribution in [3.63, 3.8) is 0 Å². The Morgan fingerprint density at radius 2 is 1.80 bits per heavy atom. The molecule has 0 aliphatic rings. The molecule has 3 rings (SSSR count). The fourth-order valence-corrected chi connectivity index (χ4v) is 2.59. The summed E-state index contributed by atoms with van der Waals surface area (Å²) in [6.07, 6.45) is 0. The summed E-state index contributed by atoms with van der Waals surface area (Å²) >= 11 is 5.73. The van der Waals surface area contributed by atoms with Crippen LogP contribution >= 0.6 is 11.6 Å². The molecule has 10 heteroatoms. The standard InChI is InChI=1S/C20H17ClFN5O3/c1-10(18(23)28)25-17-9-15(19(24)29)26-20(27-17)11-2-5-13(6-3-11)30-16-7-4-12(21)8-14(16)22/h2-10H,1H3,(H2,23,28)(H2,24,29)(H,25,26,27). The van der Waals surface area contributed by atoms with Gasteiger partial charge >= 0.3 is 0 Å². The number of carbonyl (C=O) groups is 2. The molecule has 1 aromatic heterocycles. The number of rotatable bonds is 7. The number of carbonyl (C=O) groups excluding carboxylic acids is 2. The van der Waals surface area contributed by atoms with Gasteiger partial charge in [-0.1, -0.05) is 11.6 Å². The van der Waals surface area contributed by atoms with Crippen molar-refractivity contribution in [2.45, 2.75) is 13.0 Å². The first kappa shape index (κ1) is 21.0. The molecule has 154 valence electrons. The Morgan fingerprint density at radius 1 is 1.10 bits per heavy atom. The van der Waals surface area contributed by atoms with Crippen LogP contribution in [0, 0.1) is 5.82 Å². The van der Waals surface area contributed by atoms with Crippen LogP contribution < -0.4 is 21.5 Å². The van der Waals surface area contributed by atoms with Gasteiger partial charge in [-0.05, 0) is 49.4 Å². The molecule has 3 aromatic rings. The van der Waals surface area contributed by atoms with Crippen molar-refractivity contribution < 1.29 is 18.7 Å². The van der Waals surface area contributed by atoms with E-state index in [1.807, 2.05) is 0 Å². The van der Waals surface area contributed by atoms with Crippen LogP contribution in [0.4, 0.5) is 10.2 Å². The number of nitrogens with two attached hydrogens (primary N) is 2. The number of ether oxygens (including phenoxy) is 1. The number of primary amides is 2. The van der Waals surface area contributed by atoms with E-state index in [0.29, 0.717) is 11.3 Å². The molecule has 8 nitrogen and oxygen atoms in total. The monoisotopic (exact) mass is 429 g/mol. The number of hydrogen-bond acceptors (Lipinski definition) is 6. The molecule has 0 aliphatic carbocycles. The van der Waals surface area contributed by atoms with Crippen LogP contribution in [0.2, 0.25) is 5.02 Å². The van der Waals surface area contributed by atoms with Crippen molar-refractivity contribution in [3.05, 3.63) is 65.1 Å². The number of halogens is 2. The molecular formula is C20H17ClFN5O3. The first-order valence-corrected chi connectivity index (χ1v) is 9.09. The topological polar surface area (TPSA) is 133 Å². The van der Waals surface area contributed by atoms with E-state index in [2.05, 4.69) is 15.3 Å². The number of hydrogen-bond donors (Lipinski definition) is 3. The Hall–Kier alpha value is -3.72. The molecule has 30 heavy (non-hydrogen) atoms. The maximum atomic E-state index is 13.9. The summed E-state index contributed by atoms with van der Waals surface area (Å²) in [7, 11) is 0. The summed E-state index contributed by atoms with van der Waals surface area (Å²) in [4.78, 5) is 31.3. The molecule has 0 saturated heterocycles. The van der Waals surface area contributed by atoms with Crippen LogP contribution in [0.15, 0.2) is 48.5 Å². The number of anilines is 1. The van der Waals surface area contributed by atoms with Crippen molar-refractivity contribution >= 4 is 29.2 Å². The van der Waals surface area contributed by atoms with Gasteiger partial charge in [-0.15, -0.1) is 0 Å².